The third-order valence-electron chi connectivity index (χ3n) is 5.62. The molecule has 0 aromatic heterocycles. The van der Waals surface area contributed by atoms with Crippen molar-refractivity contribution >= 4 is 41.1 Å². The number of hydrogen-bond acceptors (Lipinski definition) is 5. The standard InChI is InChI=1S/C29H23N3O5/c33-27(30-25-11-13-26(14-12-25)32(36)37)15-16-28(34)31-19-23(17-21-7-3-1-4-8-21)29(35)24(20-31)18-22-9-5-2-6-10-22/h1-18H,19-20H2,(H,30,33)/b16-15-,23-17+,24-18+. The van der Waals surface area contributed by atoms with Gasteiger partial charge in [-0.25, -0.2) is 0 Å². The molecule has 1 heterocycles. The van der Waals surface area contributed by atoms with E-state index in [0.29, 0.717) is 16.8 Å². The van der Waals surface area contributed by atoms with E-state index in [1.54, 1.807) is 12.2 Å². The lowest BCUT2D eigenvalue weighted by atomic mass is 9.94. The molecule has 1 saturated heterocycles. The van der Waals surface area contributed by atoms with Gasteiger partial charge in [-0.05, 0) is 35.4 Å². The molecule has 184 valence electrons. The van der Waals surface area contributed by atoms with E-state index in [0.717, 1.165) is 23.3 Å². The molecule has 3 aromatic rings. The van der Waals surface area contributed by atoms with E-state index in [9.17, 15) is 24.5 Å². The topological polar surface area (TPSA) is 110 Å². The van der Waals surface area contributed by atoms with Crippen LogP contribution in [0.2, 0.25) is 0 Å². The van der Waals surface area contributed by atoms with Crippen molar-refractivity contribution in [3.63, 3.8) is 0 Å². The highest BCUT2D eigenvalue weighted by Crippen LogP contribution is 2.22. The van der Waals surface area contributed by atoms with Crippen molar-refractivity contribution < 1.29 is 19.3 Å². The van der Waals surface area contributed by atoms with Gasteiger partial charge in [-0.1, -0.05) is 60.7 Å². The number of rotatable bonds is 6. The monoisotopic (exact) mass is 493 g/mol. The zero-order valence-electron chi connectivity index (χ0n) is 19.7. The van der Waals surface area contributed by atoms with Crippen LogP contribution in [0.3, 0.4) is 0 Å². The summed E-state index contributed by atoms with van der Waals surface area (Å²) in [7, 11) is 0. The maximum Gasteiger partial charge on any atom is 0.269 e. The summed E-state index contributed by atoms with van der Waals surface area (Å²) in [5.41, 5.74) is 2.89. The molecular formula is C29H23N3O5. The van der Waals surface area contributed by atoms with E-state index in [4.69, 9.17) is 0 Å². The highest BCUT2D eigenvalue weighted by Gasteiger charge is 2.28. The lowest BCUT2D eigenvalue weighted by Crippen LogP contribution is -2.41. The van der Waals surface area contributed by atoms with Crippen molar-refractivity contribution in [2.24, 2.45) is 0 Å². The number of likely N-dealkylation sites (tertiary alicyclic amines) is 1. The number of anilines is 1. The van der Waals surface area contributed by atoms with Crippen LogP contribution in [0.1, 0.15) is 11.1 Å². The minimum Gasteiger partial charge on any atom is -0.330 e. The number of hydrogen-bond donors (Lipinski definition) is 1. The number of carbonyl (C=O) groups is 3. The lowest BCUT2D eigenvalue weighted by molar-refractivity contribution is -0.384. The number of nitrogens with zero attached hydrogens (tertiary/aromatic N) is 2. The quantitative estimate of drug-likeness (QED) is 0.305. The predicted molar refractivity (Wildman–Crippen MR) is 141 cm³/mol. The average Bonchev–Trinajstić information content (AvgIpc) is 2.91. The van der Waals surface area contributed by atoms with Crippen LogP contribution in [0.4, 0.5) is 11.4 Å². The van der Waals surface area contributed by atoms with E-state index < -0.39 is 16.7 Å². The van der Waals surface area contributed by atoms with Crippen LogP contribution in [0.15, 0.2) is 108 Å². The van der Waals surface area contributed by atoms with Gasteiger partial charge < -0.3 is 10.2 Å². The first-order valence-corrected chi connectivity index (χ1v) is 11.5. The number of piperidine rings is 1. The fourth-order valence-corrected chi connectivity index (χ4v) is 3.80. The summed E-state index contributed by atoms with van der Waals surface area (Å²) in [6.45, 7) is 0.208. The number of Topliss-reactive ketones (excluding diaryl/α,β-unsaturated/α-hetero) is 1. The Morgan fingerprint density at radius 2 is 1.30 bits per heavy atom. The second-order valence-electron chi connectivity index (χ2n) is 8.31. The van der Waals surface area contributed by atoms with Gasteiger partial charge in [-0.15, -0.1) is 0 Å². The Morgan fingerprint density at radius 1 is 0.784 bits per heavy atom. The van der Waals surface area contributed by atoms with Crippen molar-refractivity contribution in [1.82, 2.24) is 4.90 Å². The summed E-state index contributed by atoms with van der Waals surface area (Å²) in [4.78, 5) is 50.3. The first-order valence-electron chi connectivity index (χ1n) is 11.5. The molecule has 0 aliphatic carbocycles. The SMILES string of the molecule is O=C(/C=C\C(=O)N1C/C(=C\c2ccccc2)C(=O)/C(=C/c2ccccc2)C1)Nc1ccc([N+](=O)[O-])cc1. The molecule has 8 nitrogen and oxygen atoms in total. The number of benzene rings is 3. The van der Waals surface area contributed by atoms with Gasteiger partial charge in [0.25, 0.3) is 5.69 Å². The molecule has 0 saturated carbocycles. The van der Waals surface area contributed by atoms with E-state index in [1.807, 2.05) is 60.7 Å². The molecule has 8 heteroatoms. The molecule has 37 heavy (non-hydrogen) atoms. The number of nitrogens with one attached hydrogen (secondary N) is 1. The summed E-state index contributed by atoms with van der Waals surface area (Å²) in [6.07, 6.45) is 5.79. The van der Waals surface area contributed by atoms with Gasteiger partial charge in [0, 0.05) is 41.1 Å². The molecule has 0 bridgehead atoms. The largest absolute Gasteiger partial charge is 0.330 e. The Hall–Kier alpha value is -5.11. The van der Waals surface area contributed by atoms with Gasteiger partial charge in [-0.3, -0.25) is 24.5 Å². The van der Waals surface area contributed by atoms with Gasteiger partial charge in [-0.2, -0.15) is 0 Å². The van der Waals surface area contributed by atoms with Gasteiger partial charge in [0.15, 0.2) is 5.78 Å². The Morgan fingerprint density at radius 3 is 1.78 bits per heavy atom. The van der Waals surface area contributed by atoms with E-state index in [2.05, 4.69) is 5.32 Å². The van der Waals surface area contributed by atoms with Crippen molar-refractivity contribution in [3.8, 4) is 0 Å². The first kappa shape index (κ1) is 25.0. The Labute approximate surface area is 213 Å². The highest BCUT2D eigenvalue weighted by atomic mass is 16.6. The molecule has 1 fully saturated rings. The number of non-ortho nitro benzene ring substituents is 1. The molecule has 0 radical (unpaired) electrons. The predicted octanol–water partition coefficient (Wildman–Crippen LogP) is 4.67. The molecule has 1 N–H and O–H groups in total. The number of nitro benzene ring substituents is 1. The van der Waals surface area contributed by atoms with Crippen molar-refractivity contribution in [3.05, 3.63) is 129 Å². The Kier molecular flexibility index (Phi) is 7.80. The maximum absolute atomic E-state index is 13.2. The van der Waals surface area contributed by atoms with Gasteiger partial charge >= 0.3 is 0 Å². The van der Waals surface area contributed by atoms with Crippen molar-refractivity contribution in [1.29, 1.82) is 0 Å². The molecule has 4 rings (SSSR count). The summed E-state index contributed by atoms with van der Waals surface area (Å²) >= 11 is 0. The normalized spacial score (nSPS) is 15.8. The lowest BCUT2D eigenvalue weighted by Gasteiger charge is -2.29. The summed E-state index contributed by atoms with van der Waals surface area (Å²) in [5, 5.41) is 13.3. The van der Waals surface area contributed by atoms with Crippen LogP contribution in [0, 0.1) is 10.1 Å². The smallest absolute Gasteiger partial charge is 0.269 e. The fraction of sp³-hybridized carbons (Fsp3) is 0.0690. The Bertz CT molecular complexity index is 1350. The number of amides is 2. The summed E-state index contributed by atoms with van der Waals surface area (Å²) in [5.74, 6) is -1.11. The van der Waals surface area contributed by atoms with Gasteiger partial charge in [0.05, 0.1) is 18.0 Å². The molecule has 0 unspecified atom stereocenters. The van der Waals surface area contributed by atoms with Gasteiger partial charge in [0.2, 0.25) is 11.8 Å². The molecule has 1 aliphatic heterocycles. The molecule has 3 aromatic carbocycles. The zero-order valence-corrected chi connectivity index (χ0v) is 19.7. The van der Waals surface area contributed by atoms with Crippen molar-refractivity contribution in [2.45, 2.75) is 0 Å². The number of carbonyl (C=O) groups excluding carboxylic acids is 3. The van der Waals surface area contributed by atoms with Gasteiger partial charge in [0.1, 0.15) is 0 Å². The highest BCUT2D eigenvalue weighted by molar-refractivity contribution is 6.15. The van der Waals surface area contributed by atoms with Crippen LogP contribution in [0.5, 0.6) is 0 Å². The molecule has 0 atom stereocenters. The molecule has 0 spiro atoms. The number of ketones is 1. The number of nitro groups is 1. The van der Waals surface area contributed by atoms with E-state index in [-0.39, 0.29) is 24.6 Å². The van der Waals surface area contributed by atoms with E-state index in [1.165, 1.54) is 29.2 Å². The second kappa shape index (κ2) is 11.5. The van der Waals surface area contributed by atoms with Crippen LogP contribution < -0.4 is 5.32 Å². The molecule has 1 aliphatic rings. The van der Waals surface area contributed by atoms with Crippen LogP contribution in [-0.4, -0.2) is 40.5 Å². The van der Waals surface area contributed by atoms with Crippen LogP contribution >= 0.6 is 0 Å². The van der Waals surface area contributed by atoms with Crippen LogP contribution in [-0.2, 0) is 14.4 Å². The average molecular weight is 494 g/mol. The molecular weight excluding hydrogens is 470 g/mol. The molecule has 2 amide bonds. The minimum atomic E-state index is -0.560. The van der Waals surface area contributed by atoms with E-state index >= 15 is 0 Å². The second-order valence-corrected chi connectivity index (χ2v) is 8.31. The summed E-state index contributed by atoms with van der Waals surface area (Å²) in [6, 6.07) is 24.1. The van der Waals surface area contributed by atoms with Crippen LogP contribution in [0.25, 0.3) is 12.2 Å². The minimum absolute atomic E-state index is 0.0953. The first-order chi connectivity index (χ1) is 17.9. The Balaban J connectivity index is 1.52. The maximum atomic E-state index is 13.2. The third-order valence-corrected chi connectivity index (χ3v) is 5.62. The zero-order chi connectivity index (χ0) is 26.2. The third kappa shape index (κ3) is 6.73. The van der Waals surface area contributed by atoms with Crippen molar-refractivity contribution in [2.75, 3.05) is 18.4 Å². The summed E-state index contributed by atoms with van der Waals surface area (Å²) < 4.78 is 0. The fourth-order valence-electron chi connectivity index (χ4n) is 3.80.